The SMILES string of the molecule is CC(NCC(C)(CO)CO)c1ccccc1. The van der Waals surface area contributed by atoms with E-state index in [0.717, 1.165) is 0 Å². The van der Waals surface area contributed by atoms with Crippen LogP contribution in [0.1, 0.15) is 25.5 Å². The second-order valence-corrected chi connectivity index (χ2v) is 4.64. The average Bonchev–Trinajstić information content (AvgIpc) is 2.36. The van der Waals surface area contributed by atoms with E-state index in [1.165, 1.54) is 5.56 Å². The highest BCUT2D eigenvalue weighted by molar-refractivity contribution is 5.18. The molecule has 3 heteroatoms. The van der Waals surface area contributed by atoms with Gasteiger partial charge >= 0.3 is 0 Å². The number of hydrogen-bond donors (Lipinski definition) is 3. The largest absolute Gasteiger partial charge is 0.396 e. The van der Waals surface area contributed by atoms with Crippen LogP contribution in [0.3, 0.4) is 0 Å². The third-order valence-corrected chi connectivity index (χ3v) is 2.90. The smallest absolute Gasteiger partial charge is 0.0519 e. The van der Waals surface area contributed by atoms with Crippen LogP contribution in [-0.4, -0.2) is 30.0 Å². The second-order valence-electron chi connectivity index (χ2n) is 4.64. The predicted octanol–water partition coefficient (Wildman–Crippen LogP) is 1.33. The summed E-state index contributed by atoms with van der Waals surface area (Å²) in [5, 5.41) is 21.7. The van der Waals surface area contributed by atoms with E-state index in [0.29, 0.717) is 6.54 Å². The molecule has 0 spiro atoms. The lowest BCUT2D eigenvalue weighted by Gasteiger charge is -2.27. The molecule has 3 N–H and O–H groups in total. The van der Waals surface area contributed by atoms with Crippen molar-refractivity contribution in [3.8, 4) is 0 Å². The lowest BCUT2D eigenvalue weighted by Crippen LogP contribution is -2.38. The van der Waals surface area contributed by atoms with Crippen LogP contribution in [0.2, 0.25) is 0 Å². The monoisotopic (exact) mass is 223 g/mol. The molecule has 1 aromatic rings. The van der Waals surface area contributed by atoms with Gasteiger partial charge in [0.15, 0.2) is 0 Å². The van der Waals surface area contributed by atoms with Gasteiger partial charge in [0.05, 0.1) is 13.2 Å². The maximum absolute atomic E-state index is 9.17. The van der Waals surface area contributed by atoms with Crippen molar-refractivity contribution in [1.29, 1.82) is 0 Å². The summed E-state index contributed by atoms with van der Waals surface area (Å²) >= 11 is 0. The van der Waals surface area contributed by atoms with Crippen molar-refractivity contribution in [2.24, 2.45) is 5.41 Å². The van der Waals surface area contributed by atoms with Crippen LogP contribution in [0.15, 0.2) is 30.3 Å². The molecule has 0 aliphatic heterocycles. The molecular weight excluding hydrogens is 202 g/mol. The molecular formula is C13H21NO2. The topological polar surface area (TPSA) is 52.5 Å². The molecule has 1 atom stereocenters. The van der Waals surface area contributed by atoms with Gasteiger partial charge in [-0.3, -0.25) is 0 Å². The van der Waals surface area contributed by atoms with Crippen molar-refractivity contribution < 1.29 is 10.2 Å². The van der Waals surface area contributed by atoms with Crippen LogP contribution in [0.5, 0.6) is 0 Å². The highest BCUT2D eigenvalue weighted by Gasteiger charge is 2.22. The average molecular weight is 223 g/mol. The standard InChI is InChI=1S/C13H21NO2/c1-11(12-6-4-3-5-7-12)14-8-13(2,9-15)10-16/h3-7,11,14-16H,8-10H2,1-2H3. The molecule has 0 bridgehead atoms. The maximum atomic E-state index is 9.17. The van der Waals surface area contributed by atoms with Crippen LogP contribution in [0.25, 0.3) is 0 Å². The van der Waals surface area contributed by atoms with Gasteiger partial charge in [0.1, 0.15) is 0 Å². The highest BCUT2D eigenvalue weighted by atomic mass is 16.3. The first kappa shape index (κ1) is 13.2. The normalized spacial score (nSPS) is 13.8. The molecule has 0 aliphatic rings. The third-order valence-electron chi connectivity index (χ3n) is 2.90. The van der Waals surface area contributed by atoms with Crippen molar-refractivity contribution in [2.75, 3.05) is 19.8 Å². The fraction of sp³-hybridized carbons (Fsp3) is 0.538. The Morgan fingerprint density at radius 3 is 2.25 bits per heavy atom. The first-order valence-corrected chi connectivity index (χ1v) is 5.61. The van der Waals surface area contributed by atoms with Gasteiger partial charge in [-0.1, -0.05) is 37.3 Å². The van der Waals surface area contributed by atoms with Gasteiger partial charge in [0, 0.05) is 18.0 Å². The molecule has 0 saturated carbocycles. The first-order valence-electron chi connectivity index (χ1n) is 5.61. The number of rotatable bonds is 6. The summed E-state index contributed by atoms with van der Waals surface area (Å²) in [6.07, 6.45) is 0. The van der Waals surface area contributed by atoms with Gasteiger partial charge in [-0.05, 0) is 12.5 Å². The van der Waals surface area contributed by atoms with Gasteiger partial charge < -0.3 is 15.5 Å². The van der Waals surface area contributed by atoms with E-state index in [9.17, 15) is 0 Å². The van der Waals surface area contributed by atoms with Crippen LogP contribution < -0.4 is 5.32 Å². The zero-order valence-corrected chi connectivity index (χ0v) is 9.98. The number of benzene rings is 1. The lowest BCUT2D eigenvalue weighted by molar-refractivity contribution is 0.0677. The van der Waals surface area contributed by atoms with E-state index >= 15 is 0 Å². The Labute approximate surface area is 97.1 Å². The Hall–Kier alpha value is -0.900. The quantitative estimate of drug-likeness (QED) is 0.682. The summed E-state index contributed by atoms with van der Waals surface area (Å²) in [6.45, 7) is 4.49. The maximum Gasteiger partial charge on any atom is 0.0519 e. The van der Waals surface area contributed by atoms with Crippen LogP contribution in [0.4, 0.5) is 0 Å². The van der Waals surface area contributed by atoms with E-state index < -0.39 is 5.41 Å². The molecule has 0 aliphatic carbocycles. The summed E-state index contributed by atoms with van der Waals surface area (Å²) in [6, 6.07) is 10.3. The third kappa shape index (κ3) is 3.59. The fourth-order valence-electron chi connectivity index (χ4n) is 1.42. The number of hydrogen-bond acceptors (Lipinski definition) is 3. The van der Waals surface area contributed by atoms with Gasteiger partial charge in [-0.25, -0.2) is 0 Å². The van der Waals surface area contributed by atoms with Gasteiger partial charge in [-0.15, -0.1) is 0 Å². The van der Waals surface area contributed by atoms with E-state index in [2.05, 4.69) is 24.4 Å². The summed E-state index contributed by atoms with van der Waals surface area (Å²) in [4.78, 5) is 0. The van der Waals surface area contributed by atoms with Crippen LogP contribution in [-0.2, 0) is 0 Å². The molecule has 0 radical (unpaired) electrons. The zero-order chi connectivity index (χ0) is 12.0. The van der Waals surface area contributed by atoms with E-state index in [4.69, 9.17) is 10.2 Å². The van der Waals surface area contributed by atoms with Crippen molar-refractivity contribution in [1.82, 2.24) is 5.32 Å². The van der Waals surface area contributed by atoms with Crippen molar-refractivity contribution in [2.45, 2.75) is 19.9 Å². The fourth-order valence-corrected chi connectivity index (χ4v) is 1.42. The molecule has 16 heavy (non-hydrogen) atoms. The molecule has 90 valence electrons. The number of aliphatic hydroxyl groups is 2. The number of nitrogens with one attached hydrogen (secondary N) is 1. The van der Waals surface area contributed by atoms with Crippen molar-refractivity contribution in [3.05, 3.63) is 35.9 Å². The molecule has 1 aromatic carbocycles. The Balaban J connectivity index is 2.50. The second kappa shape index (κ2) is 5.99. The minimum absolute atomic E-state index is 0.0159. The summed E-state index contributed by atoms with van der Waals surface area (Å²) < 4.78 is 0. The minimum atomic E-state index is -0.455. The van der Waals surface area contributed by atoms with Gasteiger partial charge in [-0.2, -0.15) is 0 Å². The molecule has 0 aromatic heterocycles. The molecule has 0 amide bonds. The molecule has 0 saturated heterocycles. The van der Waals surface area contributed by atoms with Crippen LogP contribution >= 0.6 is 0 Å². The minimum Gasteiger partial charge on any atom is -0.396 e. The lowest BCUT2D eigenvalue weighted by atomic mass is 9.92. The van der Waals surface area contributed by atoms with E-state index in [1.54, 1.807) is 0 Å². The van der Waals surface area contributed by atoms with Gasteiger partial charge in [0.2, 0.25) is 0 Å². The Bertz CT molecular complexity index is 296. The molecule has 0 fully saturated rings. The Morgan fingerprint density at radius 2 is 1.75 bits per heavy atom. The first-order chi connectivity index (χ1) is 7.61. The van der Waals surface area contributed by atoms with Gasteiger partial charge in [0.25, 0.3) is 0 Å². The summed E-state index contributed by atoms with van der Waals surface area (Å²) in [7, 11) is 0. The summed E-state index contributed by atoms with van der Waals surface area (Å²) in [5.74, 6) is 0. The van der Waals surface area contributed by atoms with Crippen LogP contribution in [0, 0.1) is 5.41 Å². The molecule has 0 heterocycles. The Kier molecular flexibility index (Phi) is 4.93. The Morgan fingerprint density at radius 1 is 1.19 bits per heavy atom. The molecule has 3 nitrogen and oxygen atoms in total. The van der Waals surface area contributed by atoms with E-state index in [1.807, 2.05) is 25.1 Å². The number of aliphatic hydroxyl groups excluding tert-OH is 2. The molecule has 1 rings (SSSR count). The molecule has 1 unspecified atom stereocenters. The van der Waals surface area contributed by atoms with Crippen molar-refractivity contribution >= 4 is 0 Å². The zero-order valence-electron chi connectivity index (χ0n) is 9.98. The predicted molar refractivity (Wildman–Crippen MR) is 65.1 cm³/mol. The highest BCUT2D eigenvalue weighted by Crippen LogP contribution is 2.16. The van der Waals surface area contributed by atoms with Crippen molar-refractivity contribution in [3.63, 3.8) is 0 Å². The summed E-state index contributed by atoms with van der Waals surface area (Å²) in [5.41, 5.74) is 0.754. The van der Waals surface area contributed by atoms with E-state index in [-0.39, 0.29) is 19.3 Å².